The maximum Gasteiger partial charge on any atom is 0.319 e. The zero-order chi connectivity index (χ0) is 13.3. The van der Waals surface area contributed by atoms with Crippen LogP contribution in [-0.2, 0) is 4.74 Å². The summed E-state index contributed by atoms with van der Waals surface area (Å²) in [5.74, 6) is 0. The van der Waals surface area contributed by atoms with Crippen LogP contribution in [0.4, 0.5) is 4.79 Å². The molecule has 2 aliphatic heterocycles. The van der Waals surface area contributed by atoms with E-state index in [0.717, 1.165) is 39.0 Å². The van der Waals surface area contributed by atoms with Gasteiger partial charge in [0.1, 0.15) is 0 Å². The molecule has 2 aliphatic rings. The van der Waals surface area contributed by atoms with Crippen molar-refractivity contribution >= 4 is 6.03 Å². The highest BCUT2D eigenvalue weighted by Crippen LogP contribution is 2.37. The van der Waals surface area contributed by atoms with Gasteiger partial charge in [-0.05, 0) is 33.4 Å². The van der Waals surface area contributed by atoms with Gasteiger partial charge >= 0.3 is 6.03 Å². The predicted molar refractivity (Wildman–Crippen MR) is 70.7 cm³/mol. The second kappa shape index (κ2) is 5.05. The third-order valence-corrected chi connectivity index (χ3v) is 4.25. The molecule has 0 N–H and O–H groups in total. The molecule has 1 atom stereocenters. The number of nitrogens with zero attached hydrogens (tertiary/aromatic N) is 3. The van der Waals surface area contributed by atoms with Gasteiger partial charge in [-0.3, -0.25) is 0 Å². The Morgan fingerprint density at radius 2 is 1.83 bits per heavy atom. The lowest BCUT2D eigenvalue weighted by Gasteiger charge is -2.39. The number of amides is 2. The number of hydrogen-bond donors (Lipinski definition) is 0. The smallest absolute Gasteiger partial charge is 0.319 e. The lowest BCUT2D eigenvalue weighted by Crippen LogP contribution is -2.49. The van der Waals surface area contributed by atoms with Crippen molar-refractivity contribution in [2.75, 3.05) is 47.9 Å². The highest BCUT2D eigenvalue weighted by atomic mass is 16.5. The molecule has 1 spiro atoms. The molecule has 0 radical (unpaired) electrons. The van der Waals surface area contributed by atoms with Gasteiger partial charge in [0.25, 0.3) is 0 Å². The van der Waals surface area contributed by atoms with Crippen molar-refractivity contribution in [3.05, 3.63) is 0 Å². The number of hydrogen-bond acceptors (Lipinski definition) is 3. The van der Waals surface area contributed by atoms with Crippen LogP contribution in [0.2, 0.25) is 0 Å². The Labute approximate surface area is 110 Å². The normalized spacial score (nSPS) is 26.9. The standard InChI is InChI=1S/C13H25N3O2/c1-14(2)11-9-13(18-10-11)5-7-16(8-6-13)12(17)15(3)4/h11H,5-10H2,1-4H3. The molecule has 2 fully saturated rings. The van der Waals surface area contributed by atoms with Crippen molar-refractivity contribution < 1.29 is 9.53 Å². The fraction of sp³-hybridized carbons (Fsp3) is 0.923. The molecule has 2 heterocycles. The van der Waals surface area contributed by atoms with Crippen molar-refractivity contribution in [3.8, 4) is 0 Å². The third-order valence-electron chi connectivity index (χ3n) is 4.25. The first-order valence-electron chi connectivity index (χ1n) is 6.70. The van der Waals surface area contributed by atoms with Gasteiger partial charge in [0.05, 0.1) is 12.2 Å². The van der Waals surface area contributed by atoms with Crippen LogP contribution in [0.5, 0.6) is 0 Å². The Bertz CT molecular complexity index is 309. The zero-order valence-corrected chi connectivity index (χ0v) is 12.0. The summed E-state index contributed by atoms with van der Waals surface area (Å²) in [5, 5.41) is 0. The van der Waals surface area contributed by atoms with E-state index in [2.05, 4.69) is 19.0 Å². The monoisotopic (exact) mass is 255 g/mol. The number of ether oxygens (including phenoxy) is 1. The number of urea groups is 1. The van der Waals surface area contributed by atoms with E-state index in [0.29, 0.717) is 6.04 Å². The molecule has 0 aromatic rings. The molecule has 0 bridgehead atoms. The number of carbonyl (C=O) groups is 1. The van der Waals surface area contributed by atoms with E-state index in [1.54, 1.807) is 19.0 Å². The molecule has 5 nitrogen and oxygen atoms in total. The topological polar surface area (TPSA) is 36.0 Å². The summed E-state index contributed by atoms with van der Waals surface area (Å²) in [6.45, 7) is 2.46. The SMILES string of the molecule is CN(C)C(=O)N1CCC2(CC1)CC(N(C)C)CO2. The maximum absolute atomic E-state index is 11.9. The molecule has 1 unspecified atom stereocenters. The number of likely N-dealkylation sites (tertiary alicyclic amines) is 1. The van der Waals surface area contributed by atoms with Crippen molar-refractivity contribution in [1.82, 2.24) is 14.7 Å². The quantitative estimate of drug-likeness (QED) is 0.697. The van der Waals surface area contributed by atoms with E-state index in [9.17, 15) is 4.79 Å². The van der Waals surface area contributed by atoms with Crippen molar-refractivity contribution in [2.45, 2.75) is 30.9 Å². The van der Waals surface area contributed by atoms with Crippen LogP contribution in [0, 0.1) is 0 Å². The third kappa shape index (κ3) is 2.62. The van der Waals surface area contributed by atoms with Gasteiger partial charge in [-0.1, -0.05) is 0 Å². The average molecular weight is 255 g/mol. The second-order valence-corrected chi connectivity index (χ2v) is 5.98. The average Bonchev–Trinajstić information content (AvgIpc) is 2.74. The van der Waals surface area contributed by atoms with Gasteiger partial charge in [-0.15, -0.1) is 0 Å². The first kappa shape index (κ1) is 13.6. The molecular formula is C13H25N3O2. The van der Waals surface area contributed by atoms with Gasteiger partial charge < -0.3 is 19.4 Å². The molecule has 2 saturated heterocycles. The largest absolute Gasteiger partial charge is 0.373 e. The van der Waals surface area contributed by atoms with E-state index in [-0.39, 0.29) is 11.6 Å². The second-order valence-electron chi connectivity index (χ2n) is 5.98. The summed E-state index contributed by atoms with van der Waals surface area (Å²) in [5.41, 5.74) is 0.0258. The Kier molecular flexibility index (Phi) is 3.82. The molecule has 104 valence electrons. The minimum atomic E-state index is 0.0258. The Morgan fingerprint density at radius 1 is 1.22 bits per heavy atom. The molecule has 5 heteroatoms. The summed E-state index contributed by atoms with van der Waals surface area (Å²) in [6, 6.07) is 0.646. The Morgan fingerprint density at radius 3 is 2.28 bits per heavy atom. The predicted octanol–water partition coefficient (Wildman–Crippen LogP) is 0.853. The van der Waals surface area contributed by atoms with Gasteiger partial charge in [0.15, 0.2) is 0 Å². The molecule has 2 amide bonds. The van der Waals surface area contributed by atoms with Crippen LogP contribution in [0.25, 0.3) is 0 Å². The van der Waals surface area contributed by atoms with E-state index in [4.69, 9.17) is 4.74 Å². The van der Waals surface area contributed by atoms with E-state index >= 15 is 0 Å². The van der Waals surface area contributed by atoms with Gasteiger partial charge in [-0.2, -0.15) is 0 Å². The molecular weight excluding hydrogens is 230 g/mol. The highest BCUT2D eigenvalue weighted by Gasteiger charge is 2.44. The molecule has 0 saturated carbocycles. The fourth-order valence-electron chi connectivity index (χ4n) is 2.89. The Hall–Kier alpha value is -0.810. The summed E-state index contributed by atoms with van der Waals surface area (Å²) >= 11 is 0. The number of piperidine rings is 1. The van der Waals surface area contributed by atoms with E-state index in [1.165, 1.54) is 0 Å². The molecule has 18 heavy (non-hydrogen) atoms. The lowest BCUT2D eigenvalue weighted by molar-refractivity contribution is -0.0380. The van der Waals surface area contributed by atoms with Crippen molar-refractivity contribution in [3.63, 3.8) is 0 Å². The maximum atomic E-state index is 11.9. The van der Waals surface area contributed by atoms with Gasteiger partial charge in [-0.25, -0.2) is 4.79 Å². The van der Waals surface area contributed by atoms with Crippen LogP contribution < -0.4 is 0 Å². The zero-order valence-electron chi connectivity index (χ0n) is 12.0. The van der Waals surface area contributed by atoms with E-state index in [1.807, 2.05) is 4.90 Å². The molecule has 2 rings (SSSR count). The van der Waals surface area contributed by atoms with Crippen LogP contribution in [0.15, 0.2) is 0 Å². The highest BCUT2D eigenvalue weighted by molar-refractivity contribution is 5.73. The lowest BCUT2D eigenvalue weighted by atomic mass is 9.87. The molecule has 0 aromatic heterocycles. The number of carbonyl (C=O) groups excluding carboxylic acids is 1. The van der Waals surface area contributed by atoms with Crippen LogP contribution in [0.1, 0.15) is 19.3 Å². The summed E-state index contributed by atoms with van der Waals surface area (Å²) in [7, 11) is 7.83. The fourth-order valence-corrected chi connectivity index (χ4v) is 2.89. The van der Waals surface area contributed by atoms with Gasteiger partial charge in [0.2, 0.25) is 0 Å². The Balaban J connectivity index is 1.89. The summed E-state index contributed by atoms with van der Waals surface area (Å²) < 4.78 is 6.05. The first-order chi connectivity index (χ1) is 8.43. The summed E-state index contributed by atoms with van der Waals surface area (Å²) in [6.07, 6.45) is 3.04. The van der Waals surface area contributed by atoms with Crippen molar-refractivity contribution in [2.24, 2.45) is 0 Å². The minimum absolute atomic E-state index is 0.0258. The summed E-state index contributed by atoms with van der Waals surface area (Å²) in [4.78, 5) is 17.7. The molecule has 0 aromatic carbocycles. The first-order valence-corrected chi connectivity index (χ1v) is 6.70. The molecule has 0 aliphatic carbocycles. The minimum Gasteiger partial charge on any atom is -0.373 e. The van der Waals surface area contributed by atoms with Crippen molar-refractivity contribution in [1.29, 1.82) is 0 Å². The number of likely N-dealkylation sites (N-methyl/N-ethyl adjacent to an activating group) is 1. The van der Waals surface area contributed by atoms with Gasteiger partial charge in [0, 0.05) is 33.2 Å². The van der Waals surface area contributed by atoms with Crippen LogP contribution in [0.3, 0.4) is 0 Å². The number of rotatable bonds is 1. The van der Waals surface area contributed by atoms with Crippen LogP contribution in [-0.4, -0.2) is 80.3 Å². The van der Waals surface area contributed by atoms with E-state index < -0.39 is 0 Å². The van der Waals surface area contributed by atoms with Crippen LogP contribution >= 0.6 is 0 Å².